The summed E-state index contributed by atoms with van der Waals surface area (Å²) >= 11 is 5.18. The van der Waals surface area contributed by atoms with E-state index in [-0.39, 0.29) is 12.1 Å². The van der Waals surface area contributed by atoms with Crippen molar-refractivity contribution in [2.75, 3.05) is 13.2 Å². The van der Waals surface area contributed by atoms with Gasteiger partial charge in [0.2, 0.25) is 0 Å². The minimum absolute atomic E-state index is 0.103. The van der Waals surface area contributed by atoms with E-state index in [9.17, 15) is 4.79 Å². The molecule has 1 atom stereocenters. The van der Waals surface area contributed by atoms with Crippen LogP contribution in [0.4, 0.5) is 4.79 Å². The molecule has 0 aromatic rings. The molecular weight excluding hydrogens is 262 g/mol. The van der Waals surface area contributed by atoms with Crippen molar-refractivity contribution in [1.82, 2.24) is 10.6 Å². The summed E-state index contributed by atoms with van der Waals surface area (Å²) in [6, 6.07) is -0.0798. The second-order valence-corrected chi connectivity index (χ2v) is 6.23. The number of carbonyl (C=O) groups is 1. The van der Waals surface area contributed by atoms with Crippen LogP contribution in [-0.2, 0) is 4.74 Å². The number of thiocarbonyl (C=S) groups is 1. The van der Waals surface area contributed by atoms with Crippen LogP contribution >= 0.6 is 12.2 Å². The normalized spacial score (nSPS) is 34.8. The third-order valence-corrected chi connectivity index (χ3v) is 4.61. The minimum atomic E-state index is -0.509. The summed E-state index contributed by atoms with van der Waals surface area (Å²) in [5.41, 5.74) is 5.36. The predicted octanol–water partition coefficient (Wildman–Crippen LogP) is 1.31. The molecule has 2 fully saturated rings. The minimum Gasteiger partial charge on any atom is -0.391 e. The Kier molecular flexibility index (Phi) is 4.62. The highest BCUT2D eigenvalue weighted by Gasteiger charge is 2.38. The van der Waals surface area contributed by atoms with Crippen molar-refractivity contribution in [3.63, 3.8) is 0 Å². The van der Waals surface area contributed by atoms with E-state index < -0.39 is 5.54 Å². The summed E-state index contributed by atoms with van der Waals surface area (Å²) in [5, 5.41) is 5.93. The first-order valence-electron chi connectivity index (χ1n) is 6.98. The van der Waals surface area contributed by atoms with Gasteiger partial charge in [0.15, 0.2) is 0 Å². The molecule has 2 aliphatic rings. The zero-order valence-electron chi connectivity index (χ0n) is 11.4. The number of ether oxygens (including phenoxy) is 1. The Morgan fingerprint density at radius 3 is 2.58 bits per heavy atom. The Balaban J connectivity index is 1.92. The molecule has 2 amide bonds. The fraction of sp³-hybridized carbons (Fsp3) is 0.846. The first kappa shape index (κ1) is 14.5. The summed E-state index contributed by atoms with van der Waals surface area (Å²) < 4.78 is 5.24. The lowest BCUT2D eigenvalue weighted by Crippen LogP contribution is -2.61. The topological polar surface area (TPSA) is 76.4 Å². The molecule has 0 aromatic heterocycles. The van der Waals surface area contributed by atoms with E-state index in [0.29, 0.717) is 24.1 Å². The van der Waals surface area contributed by atoms with Crippen LogP contribution in [0.2, 0.25) is 0 Å². The molecule has 0 radical (unpaired) electrons. The summed E-state index contributed by atoms with van der Waals surface area (Å²) in [4.78, 5) is 12.5. The van der Waals surface area contributed by atoms with E-state index in [1.54, 1.807) is 0 Å². The molecule has 1 heterocycles. The van der Waals surface area contributed by atoms with Gasteiger partial charge in [0.1, 0.15) is 0 Å². The Morgan fingerprint density at radius 1 is 1.37 bits per heavy atom. The third kappa shape index (κ3) is 3.57. The van der Waals surface area contributed by atoms with Gasteiger partial charge in [0.05, 0.1) is 23.2 Å². The quantitative estimate of drug-likeness (QED) is 0.683. The van der Waals surface area contributed by atoms with Crippen molar-refractivity contribution in [2.45, 2.75) is 50.6 Å². The molecule has 1 unspecified atom stereocenters. The number of nitrogens with two attached hydrogens (primary N) is 1. The summed E-state index contributed by atoms with van der Waals surface area (Å²) in [7, 11) is 0. The zero-order valence-corrected chi connectivity index (χ0v) is 12.2. The van der Waals surface area contributed by atoms with Crippen LogP contribution in [0.25, 0.3) is 0 Å². The van der Waals surface area contributed by atoms with E-state index in [4.69, 9.17) is 22.7 Å². The van der Waals surface area contributed by atoms with E-state index in [1.807, 2.05) is 0 Å². The van der Waals surface area contributed by atoms with Gasteiger partial charge in [-0.25, -0.2) is 4.79 Å². The van der Waals surface area contributed by atoms with Crippen LogP contribution in [0, 0.1) is 5.92 Å². The molecule has 0 aromatic carbocycles. The molecule has 2 rings (SSSR count). The number of carbonyl (C=O) groups excluding carboxylic acids is 1. The number of rotatable bonds is 3. The van der Waals surface area contributed by atoms with Crippen molar-refractivity contribution >= 4 is 23.2 Å². The number of urea groups is 1. The fourth-order valence-electron chi connectivity index (χ4n) is 2.78. The first-order chi connectivity index (χ1) is 9.02. The van der Waals surface area contributed by atoms with Crippen LogP contribution in [0.15, 0.2) is 0 Å². The molecule has 0 bridgehead atoms. The first-order valence-corrected chi connectivity index (χ1v) is 7.39. The van der Waals surface area contributed by atoms with Crippen LogP contribution < -0.4 is 16.4 Å². The van der Waals surface area contributed by atoms with Crippen LogP contribution in [0.1, 0.15) is 39.0 Å². The van der Waals surface area contributed by atoms with Crippen LogP contribution in [0.5, 0.6) is 0 Å². The van der Waals surface area contributed by atoms with Gasteiger partial charge in [-0.1, -0.05) is 19.1 Å². The van der Waals surface area contributed by atoms with E-state index in [0.717, 1.165) is 32.1 Å². The Labute approximate surface area is 119 Å². The summed E-state index contributed by atoms with van der Waals surface area (Å²) in [6.07, 6.45) is 4.62. The number of nitrogens with one attached hydrogen (secondary N) is 2. The zero-order chi connectivity index (χ0) is 13.9. The third-order valence-electron chi connectivity index (χ3n) is 4.22. The number of hydrogen-bond donors (Lipinski definition) is 3. The number of amides is 2. The Morgan fingerprint density at radius 2 is 2.05 bits per heavy atom. The lowest BCUT2D eigenvalue weighted by molar-refractivity contribution is 0.186. The van der Waals surface area contributed by atoms with Crippen LogP contribution in [-0.4, -0.2) is 35.8 Å². The average Bonchev–Trinajstić information content (AvgIpc) is 2.84. The maximum atomic E-state index is 12.1. The monoisotopic (exact) mass is 285 g/mol. The predicted molar refractivity (Wildman–Crippen MR) is 78.0 cm³/mol. The molecule has 0 spiro atoms. The van der Waals surface area contributed by atoms with Gasteiger partial charge < -0.3 is 21.1 Å². The maximum absolute atomic E-state index is 12.1. The highest BCUT2D eigenvalue weighted by atomic mass is 32.1. The molecule has 108 valence electrons. The second-order valence-electron chi connectivity index (χ2n) is 5.79. The lowest BCUT2D eigenvalue weighted by atomic mass is 9.77. The molecule has 19 heavy (non-hydrogen) atoms. The molecule has 4 N–H and O–H groups in total. The highest BCUT2D eigenvalue weighted by molar-refractivity contribution is 7.80. The molecule has 1 aliphatic heterocycles. The standard InChI is InChI=1S/C13H23N3O2S/c1-9-2-5-13(6-3-9,11(14)19)16-12(17)15-10-4-7-18-8-10/h9-10H,2-8H2,1H3,(H2,14,19)(H2,15,16,17). The lowest BCUT2D eigenvalue weighted by Gasteiger charge is -2.39. The largest absolute Gasteiger partial charge is 0.391 e. The Hall–Kier alpha value is -0.880. The molecule has 1 aliphatic carbocycles. The maximum Gasteiger partial charge on any atom is 0.315 e. The fourth-order valence-corrected chi connectivity index (χ4v) is 3.03. The van der Waals surface area contributed by atoms with Gasteiger partial charge in [-0.05, 0) is 38.0 Å². The van der Waals surface area contributed by atoms with Gasteiger partial charge in [0.25, 0.3) is 0 Å². The Bertz CT molecular complexity index is 348. The average molecular weight is 285 g/mol. The van der Waals surface area contributed by atoms with Gasteiger partial charge in [-0.15, -0.1) is 0 Å². The summed E-state index contributed by atoms with van der Waals surface area (Å²) in [6.45, 7) is 3.52. The summed E-state index contributed by atoms with van der Waals surface area (Å²) in [5.74, 6) is 0.676. The highest BCUT2D eigenvalue weighted by Crippen LogP contribution is 2.32. The van der Waals surface area contributed by atoms with Crippen molar-refractivity contribution < 1.29 is 9.53 Å². The van der Waals surface area contributed by atoms with Crippen LogP contribution in [0.3, 0.4) is 0 Å². The van der Waals surface area contributed by atoms with E-state index >= 15 is 0 Å². The molecular formula is C13H23N3O2S. The smallest absolute Gasteiger partial charge is 0.315 e. The van der Waals surface area contributed by atoms with Crippen molar-refractivity contribution in [3.05, 3.63) is 0 Å². The molecule has 6 heteroatoms. The van der Waals surface area contributed by atoms with E-state index in [1.165, 1.54) is 0 Å². The molecule has 5 nitrogen and oxygen atoms in total. The van der Waals surface area contributed by atoms with Gasteiger partial charge in [-0.2, -0.15) is 0 Å². The molecule has 1 saturated carbocycles. The van der Waals surface area contributed by atoms with Crippen molar-refractivity contribution in [3.8, 4) is 0 Å². The SMILES string of the molecule is CC1CCC(NC(=O)NC2CCOC2)(C(N)=S)CC1. The second kappa shape index (κ2) is 6.05. The van der Waals surface area contributed by atoms with Gasteiger partial charge >= 0.3 is 6.03 Å². The molecule has 1 saturated heterocycles. The van der Waals surface area contributed by atoms with Gasteiger partial charge in [-0.3, -0.25) is 0 Å². The van der Waals surface area contributed by atoms with Crippen molar-refractivity contribution in [2.24, 2.45) is 11.7 Å². The number of hydrogen-bond acceptors (Lipinski definition) is 3. The van der Waals surface area contributed by atoms with E-state index in [2.05, 4.69) is 17.6 Å². The van der Waals surface area contributed by atoms with Crippen molar-refractivity contribution in [1.29, 1.82) is 0 Å². The van der Waals surface area contributed by atoms with Gasteiger partial charge in [0, 0.05) is 6.61 Å².